The Kier molecular flexibility index (Phi) is 8.27. The van der Waals surface area contributed by atoms with E-state index in [1.165, 1.54) is 6.33 Å². The van der Waals surface area contributed by atoms with Crippen molar-refractivity contribution in [3.05, 3.63) is 59.2 Å². The zero-order valence-corrected chi connectivity index (χ0v) is 21.0. The summed E-state index contributed by atoms with van der Waals surface area (Å²) in [5.41, 5.74) is 1.45. The van der Waals surface area contributed by atoms with Crippen LogP contribution in [0, 0.1) is 6.92 Å². The summed E-state index contributed by atoms with van der Waals surface area (Å²) in [6.07, 6.45) is 0.512. The molecule has 1 aromatic carbocycles. The van der Waals surface area contributed by atoms with Gasteiger partial charge < -0.3 is 9.64 Å². The van der Waals surface area contributed by atoms with Gasteiger partial charge in [-0.15, -0.1) is 0 Å². The number of ether oxygens (including phenoxy) is 1. The molecule has 3 heterocycles. The summed E-state index contributed by atoms with van der Waals surface area (Å²) in [5.74, 6) is -0.0105. The summed E-state index contributed by atoms with van der Waals surface area (Å²) in [4.78, 5) is 27.7. The Morgan fingerprint density at radius 1 is 1.14 bits per heavy atom. The number of hydrogen-bond acceptors (Lipinski definition) is 6. The lowest BCUT2D eigenvalue weighted by atomic mass is 9.97. The molecule has 2 saturated heterocycles. The maximum Gasteiger partial charge on any atom is 0.416 e. The van der Waals surface area contributed by atoms with Gasteiger partial charge in [-0.05, 0) is 44.4 Å². The van der Waals surface area contributed by atoms with Crippen LogP contribution >= 0.6 is 0 Å². The third-order valence-corrected chi connectivity index (χ3v) is 7.47. The zero-order valence-electron chi connectivity index (χ0n) is 21.0. The molecular weight excluding hydrogens is 471 g/mol. The fourth-order valence-electron chi connectivity index (χ4n) is 5.44. The van der Waals surface area contributed by atoms with E-state index in [-0.39, 0.29) is 18.0 Å². The van der Waals surface area contributed by atoms with E-state index < -0.39 is 11.7 Å². The molecule has 1 amide bonds. The van der Waals surface area contributed by atoms with Gasteiger partial charge in [-0.25, -0.2) is 9.97 Å². The maximum atomic E-state index is 13.0. The van der Waals surface area contributed by atoms with Gasteiger partial charge in [0, 0.05) is 58.1 Å². The summed E-state index contributed by atoms with van der Waals surface area (Å²) in [6, 6.07) is 5.94. The molecule has 7 nitrogen and oxygen atoms in total. The van der Waals surface area contributed by atoms with E-state index in [0.29, 0.717) is 37.0 Å². The minimum Gasteiger partial charge on any atom is -0.383 e. The fourth-order valence-corrected chi connectivity index (χ4v) is 5.44. The number of amides is 1. The molecule has 10 heteroatoms. The van der Waals surface area contributed by atoms with Crippen LogP contribution in [0.1, 0.15) is 53.0 Å². The summed E-state index contributed by atoms with van der Waals surface area (Å²) >= 11 is 0. The van der Waals surface area contributed by atoms with Gasteiger partial charge in [0.1, 0.15) is 6.33 Å². The Balaban J connectivity index is 1.35. The molecule has 0 N–H and O–H groups in total. The number of halogens is 3. The molecule has 0 aliphatic carbocycles. The monoisotopic (exact) mass is 505 g/mol. The van der Waals surface area contributed by atoms with Gasteiger partial charge >= 0.3 is 6.18 Å². The van der Waals surface area contributed by atoms with Gasteiger partial charge in [-0.1, -0.05) is 12.1 Å². The van der Waals surface area contributed by atoms with Gasteiger partial charge in [-0.3, -0.25) is 14.6 Å². The Morgan fingerprint density at radius 3 is 2.42 bits per heavy atom. The second-order valence-electron chi connectivity index (χ2n) is 9.72. The average molecular weight is 506 g/mol. The van der Waals surface area contributed by atoms with Crippen molar-refractivity contribution >= 4 is 5.91 Å². The molecule has 36 heavy (non-hydrogen) atoms. The van der Waals surface area contributed by atoms with Gasteiger partial charge in [0.25, 0.3) is 5.91 Å². The molecule has 196 valence electrons. The van der Waals surface area contributed by atoms with Gasteiger partial charge in [-0.2, -0.15) is 13.2 Å². The Hall–Kier alpha value is -2.56. The molecule has 2 fully saturated rings. The highest BCUT2D eigenvalue weighted by molar-refractivity contribution is 5.94. The number of aromatic nitrogens is 2. The van der Waals surface area contributed by atoms with Crippen molar-refractivity contribution in [2.75, 3.05) is 46.4 Å². The van der Waals surface area contributed by atoms with E-state index in [1.54, 1.807) is 25.4 Å². The van der Waals surface area contributed by atoms with Crippen molar-refractivity contribution in [1.82, 2.24) is 24.7 Å². The molecule has 0 unspecified atom stereocenters. The second kappa shape index (κ2) is 11.2. The molecule has 0 bridgehead atoms. The largest absolute Gasteiger partial charge is 0.416 e. The number of likely N-dealkylation sites (tertiary alicyclic amines) is 1. The van der Waals surface area contributed by atoms with Crippen molar-refractivity contribution in [3.63, 3.8) is 0 Å². The SMILES string of the molecule is COC[C@H](c1ccc(C(F)(F)F)cc1)N1CCN(C2CCN(C(=O)c3cncnc3C)CC2)C[C@@H]1C. The lowest BCUT2D eigenvalue weighted by Crippen LogP contribution is -2.58. The summed E-state index contributed by atoms with van der Waals surface area (Å²) in [6.45, 7) is 8.34. The van der Waals surface area contributed by atoms with Gasteiger partial charge in [0.15, 0.2) is 0 Å². The normalized spacial score (nSPS) is 21.5. The fraction of sp³-hybridized carbons (Fsp3) is 0.577. The molecular formula is C26H34F3N5O2. The van der Waals surface area contributed by atoms with Crippen LogP contribution in [0.2, 0.25) is 0 Å². The van der Waals surface area contributed by atoms with Crippen LogP contribution in [0.25, 0.3) is 0 Å². The number of benzene rings is 1. The van der Waals surface area contributed by atoms with Crippen LogP contribution in [0.15, 0.2) is 36.8 Å². The van der Waals surface area contributed by atoms with Crippen LogP contribution in [0.4, 0.5) is 13.2 Å². The van der Waals surface area contributed by atoms with Crippen LogP contribution in [0.5, 0.6) is 0 Å². The number of hydrogen-bond donors (Lipinski definition) is 0. The number of methoxy groups -OCH3 is 1. The number of alkyl halides is 3. The predicted octanol–water partition coefficient (Wildman–Crippen LogP) is 3.80. The van der Waals surface area contributed by atoms with Crippen LogP contribution in [-0.2, 0) is 10.9 Å². The first kappa shape index (κ1) is 26.5. The Morgan fingerprint density at radius 2 is 1.83 bits per heavy atom. The summed E-state index contributed by atoms with van der Waals surface area (Å²) < 4.78 is 44.5. The topological polar surface area (TPSA) is 61.8 Å². The molecule has 4 rings (SSSR count). The Labute approximate surface area is 210 Å². The molecule has 2 atom stereocenters. The van der Waals surface area contributed by atoms with Crippen molar-refractivity contribution in [2.45, 2.75) is 51.0 Å². The minimum atomic E-state index is -4.35. The highest BCUT2D eigenvalue weighted by Gasteiger charge is 2.36. The highest BCUT2D eigenvalue weighted by atomic mass is 19.4. The maximum absolute atomic E-state index is 13.0. The molecule has 1 aromatic heterocycles. The number of nitrogens with zero attached hydrogens (tertiary/aromatic N) is 5. The molecule has 0 spiro atoms. The predicted molar refractivity (Wildman–Crippen MR) is 129 cm³/mol. The third kappa shape index (κ3) is 5.87. The second-order valence-corrected chi connectivity index (χ2v) is 9.72. The van der Waals surface area contributed by atoms with Gasteiger partial charge in [0.2, 0.25) is 0 Å². The number of aryl methyl sites for hydroxylation is 1. The van der Waals surface area contributed by atoms with E-state index >= 15 is 0 Å². The quantitative estimate of drug-likeness (QED) is 0.595. The van der Waals surface area contributed by atoms with Crippen LogP contribution in [-0.4, -0.2) is 89.1 Å². The van der Waals surface area contributed by atoms with Crippen molar-refractivity contribution in [3.8, 4) is 0 Å². The smallest absolute Gasteiger partial charge is 0.383 e. The molecule has 0 saturated carbocycles. The number of piperazine rings is 1. The van der Waals surface area contributed by atoms with Crippen molar-refractivity contribution < 1.29 is 22.7 Å². The minimum absolute atomic E-state index is 0.0105. The zero-order chi connectivity index (χ0) is 25.9. The van der Waals surface area contributed by atoms with Crippen molar-refractivity contribution in [2.24, 2.45) is 0 Å². The van der Waals surface area contributed by atoms with E-state index in [0.717, 1.165) is 50.2 Å². The standard InChI is InChI=1S/C26H34F3N5O2/c1-18-15-33(22-8-10-32(11-9-22)25(35)23-14-30-17-31-19(23)2)12-13-34(18)24(16-36-3)20-4-6-21(7-5-20)26(27,28)29/h4-7,14,17-18,22,24H,8-13,15-16H2,1-3H3/t18-,24+/m0/s1. The highest BCUT2D eigenvalue weighted by Crippen LogP contribution is 2.32. The lowest BCUT2D eigenvalue weighted by Gasteiger charge is -2.48. The third-order valence-electron chi connectivity index (χ3n) is 7.47. The lowest BCUT2D eigenvalue weighted by molar-refractivity contribution is -0.137. The first-order valence-corrected chi connectivity index (χ1v) is 12.4. The number of carbonyl (C=O) groups is 1. The number of rotatable bonds is 6. The average Bonchev–Trinajstić information content (AvgIpc) is 2.87. The molecule has 2 aromatic rings. The number of carbonyl (C=O) groups excluding carboxylic acids is 1. The molecule has 2 aliphatic rings. The first-order chi connectivity index (χ1) is 17.2. The summed E-state index contributed by atoms with van der Waals surface area (Å²) in [7, 11) is 1.62. The van der Waals surface area contributed by atoms with Crippen LogP contribution < -0.4 is 0 Å². The van der Waals surface area contributed by atoms with E-state index in [2.05, 4.69) is 26.7 Å². The molecule has 2 aliphatic heterocycles. The van der Waals surface area contributed by atoms with E-state index in [4.69, 9.17) is 4.74 Å². The van der Waals surface area contributed by atoms with Gasteiger partial charge in [0.05, 0.1) is 29.5 Å². The molecule has 0 radical (unpaired) electrons. The first-order valence-electron chi connectivity index (χ1n) is 12.4. The van der Waals surface area contributed by atoms with E-state index in [9.17, 15) is 18.0 Å². The number of piperidine rings is 1. The van der Waals surface area contributed by atoms with Crippen molar-refractivity contribution in [1.29, 1.82) is 0 Å². The van der Waals surface area contributed by atoms with E-state index in [1.807, 2.05) is 11.8 Å². The Bertz CT molecular complexity index is 1020. The summed E-state index contributed by atoms with van der Waals surface area (Å²) in [5, 5.41) is 0. The van der Waals surface area contributed by atoms with Crippen LogP contribution in [0.3, 0.4) is 0 Å².